The fourth-order valence-corrected chi connectivity index (χ4v) is 2.88. The number of ether oxygens (including phenoxy) is 1. The van der Waals surface area contributed by atoms with Gasteiger partial charge in [0.25, 0.3) is 0 Å². The second kappa shape index (κ2) is 10.5. The Labute approximate surface area is 127 Å². The summed E-state index contributed by atoms with van der Waals surface area (Å²) in [6, 6.07) is 0. The van der Waals surface area contributed by atoms with Gasteiger partial charge in [0.1, 0.15) is 0 Å². The van der Waals surface area contributed by atoms with Gasteiger partial charge in [-0.2, -0.15) is 0 Å². The van der Waals surface area contributed by atoms with Crippen LogP contribution in [0.25, 0.3) is 0 Å². The molecule has 126 valence electrons. The molecule has 1 saturated carbocycles. The Kier molecular flexibility index (Phi) is 9.44. The standard InChI is InChI=1S/C16H32O5/c1-12(17)9-10-21-16(20)6-4-2-3-5-13-7-8-14(18)11-15(13)19/h12-20H,2-11H2,1H3/t12?,13?,14?,15-,16?/m1/s1. The highest BCUT2D eigenvalue weighted by Crippen LogP contribution is 2.29. The van der Waals surface area contributed by atoms with E-state index in [-0.39, 0.29) is 12.2 Å². The molecule has 5 nitrogen and oxygen atoms in total. The van der Waals surface area contributed by atoms with Gasteiger partial charge in [0.15, 0.2) is 6.29 Å². The molecule has 1 aliphatic rings. The van der Waals surface area contributed by atoms with Crippen LogP contribution < -0.4 is 0 Å². The van der Waals surface area contributed by atoms with Gasteiger partial charge in [-0.05, 0) is 57.8 Å². The molecule has 0 amide bonds. The van der Waals surface area contributed by atoms with E-state index in [2.05, 4.69) is 0 Å². The molecule has 21 heavy (non-hydrogen) atoms. The minimum Gasteiger partial charge on any atom is -0.393 e. The zero-order valence-corrected chi connectivity index (χ0v) is 13.2. The Bertz CT molecular complexity index is 259. The number of hydrogen-bond acceptors (Lipinski definition) is 5. The zero-order chi connectivity index (χ0) is 15.7. The van der Waals surface area contributed by atoms with Gasteiger partial charge in [0, 0.05) is 0 Å². The Morgan fingerprint density at radius 1 is 1.05 bits per heavy atom. The lowest BCUT2D eigenvalue weighted by molar-refractivity contribution is -0.109. The molecule has 1 aliphatic carbocycles. The SMILES string of the molecule is CC(O)CCOC(O)CCCCCC1CCC(O)C[C@H]1O. The van der Waals surface area contributed by atoms with Crippen LogP contribution in [-0.2, 0) is 4.74 Å². The predicted octanol–water partition coefficient (Wildman–Crippen LogP) is 1.56. The zero-order valence-electron chi connectivity index (χ0n) is 13.2. The average Bonchev–Trinajstić information content (AvgIpc) is 2.40. The molecular weight excluding hydrogens is 272 g/mol. The fraction of sp³-hybridized carbons (Fsp3) is 1.00. The van der Waals surface area contributed by atoms with Gasteiger partial charge in [0.05, 0.1) is 24.9 Å². The summed E-state index contributed by atoms with van der Waals surface area (Å²) in [5, 5.41) is 38.0. The predicted molar refractivity (Wildman–Crippen MR) is 80.7 cm³/mol. The Morgan fingerprint density at radius 2 is 1.81 bits per heavy atom. The molecule has 0 bridgehead atoms. The number of hydrogen-bond donors (Lipinski definition) is 4. The molecule has 0 aromatic heterocycles. The first kappa shape index (κ1) is 18.8. The molecule has 1 rings (SSSR count). The van der Waals surface area contributed by atoms with Crippen LogP contribution in [0.4, 0.5) is 0 Å². The number of rotatable bonds is 10. The minimum absolute atomic E-state index is 0.320. The molecular formula is C16H32O5. The van der Waals surface area contributed by atoms with Gasteiger partial charge in [-0.25, -0.2) is 0 Å². The summed E-state index contributed by atoms with van der Waals surface area (Å²) in [5.41, 5.74) is 0. The van der Waals surface area contributed by atoms with Crippen molar-refractivity contribution in [3.63, 3.8) is 0 Å². The van der Waals surface area contributed by atoms with Crippen LogP contribution in [0, 0.1) is 5.92 Å². The summed E-state index contributed by atoms with van der Waals surface area (Å²) < 4.78 is 5.21. The highest BCUT2D eigenvalue weighted by molar-refractivity contribution is 4.79. The van der Waals surface area contributed by atoms with Crippen molar-refractivity contribution in [1.29, 1.82) is 0 Å². The maximum atomic E-state index is 9.89. The van der Waals surface area contributed by atoms with E-state index < -0.39 is 12.4 Å². The second-order valence-electron chi connectivity index (χ2n) is 6.40. The van der Waals surface area contributed by atoms with Crippen molar-refractivity contribution < 1.29 is 25.2 Å². The van der Waals surface area contributed by atoms with Crippen molar-refractivity contribution in [2.45, 2.75) is 89.3 Å². The maximum absolute atomic E-state index is 9.89. The van der Waals surface area contributed by atoms with E-state index in [9.17, 15) is 15.3 Å². The van der Waals surface area contributed by atoms with Gasteiger partial charge >= 0.3 is 0 Å². The lowest BCUT2D eigenvalue weighted by Gasteiger charge is -2.30. The van der Waals surface area contributed by atoms with Gasteiger partial charge in [-0.3, -0.25) is 0 Å². The third-order valence-corrected chi connectivity index (χ3v) is 4.30. The lowest BCUT2D eigenvalue weighted by atomic mass is 9.82. The van der Waals surface area contributed by atoms with Crippen LogP contribution in [0.2, 0.25) is 0 Å². The van der Waals surface area contributed by atoms with E-state index in [1.807, 2.05) is 0 Å². The van der Waals surface area contributed by atoms with Crippen LogP contribution in [0.1, 0.15) is 64.7 Å². The quantitative estimate of drug-likeness (QED) is 0.363. The third kappa shape index (κ3) is 8.73. The van der Waals surface area contributed by atoms with Crippen molar-refractivity contribution >= 4 is 0 Å². The average molecular weight is 304 g/mol. The van der Waals surface area contributed by atoms with E-state index in [1.165, 1.54) is 0 Å². The highest BCUT2D eigenvalue weighted by atomic mass is 16.6. The van der Waals surface area contributed by atoms with Crippen molar-refractivity contribution in [1.82, 2.24) is 0 Å². The largest absolute Gasteiger partial charge is 0.393 e. The number of aliphatic hydroxyl groups is 4. The van der Waals surface area contributed by atoms with Gasteiger partial charge < -0.3 is 25.2 Å². The molecule has 4 N–H and O–H groups in total. The molecule has 5 atom stereocenters. The Morgan fingerprint density at radius 3 is 2.48 bits per heavy atom. The smallest absolute Gasteiger partial charge is 0.154 e. The van der Waals surface area contributed by atoms with Crippen LogP contribution in [0.3, 0.4) is 0 Å². The normalized spacial score (nSPS) is 29.3. The van der Waals surface area contributed by atoms with Gasteiger partial charge in [0.2, 0.25) is 0 Å². The van der Waals surface area contributed by atoms with Crippen molar-refractivity contribution in [3.8, 4) is 0 Å². The summed E-state index contributed by atoms with van der Waals surface area (Å²) in [4.78, 5) is 0. The molecule has 0 saturated heterocycles. The van der Waals surface area contributed by atoms with Crippen LogP contribution in [0.5, 0.6) is 0 Å². The van der Waals surface area contributed by atoms with Crippen molar-refractivity contribution in [2.75, 3.05) is 6.61 Å². The molecule has 1 fully saturated rings. The summed E-state index contributed by atoms with van der Waals surface area (Å²) >= 11 is 0. The maximum Gasteiger partial charge on any atom is 0.154 e. The van der Waals surface area contributed by atoms with E-state index in [1.54, 1.807) is 6.92 Å². The molecule has 0 radical (unpaired) electrons. The molecule has 0 aromatic carbocycles. The molecule has 0 heterocycles. The van der Waals surface area contributed by atoms with E-state index in [0.29, 0.717) is 31.8 Å². The first-order valence-corrected chi connectivity index (χ1v) is 8.33. The third-order valence-electron chi connectivity index (χ3n) is 4.30. The Balaban J connectivity index is 1.96. The highest BCUT2D eigenvalue weighted by Gasteiger charge is 2.27. The van der Waals surface area contributed by atoms with Crippen molar-refractivity contribution in [2.24, 2.45) is 5.92 Å². The Hall–Kier alpha value is -0.200. The summed E-state index contributed by atoms with van der Waals surface area (Å²) in [6.45, 7) is 2.09. The topological polar surface area (TPSA) is 90.2 Å². The number of unbranched alkanes of at least 4 members (excludes halogenated alkanes) is 2. The minimum atomic E-state index is -0.737. The van der Waals surface area contributed by atoms with E-state index in [4.69, 9.17) is 9.84 Å². The van der Waals surface area contributed by atoms with Gasteiger partial charge in [-0.1, -0.05) is 12.8 Å². The van der Waals surface area contributed by atoms with E-state index in [0.717, 1.165) is 38.5 Å². The number of aliphatic hydroxyl groups excluding tert-OH is 4. The van der Waals surface area contributed by atoms with Crippen LogP contribution in [0.15, 0.2) is 0 Å². The summed E-state index contributed by atoms with van der Waals surface area (Å²) in [5.74, 6) is 0.320. The summed E-state index contributed by atoms with van der Waals surface area (Å²) in [7, 11) is 0. The molecule has 0 aliphatic heterocycles. The molecule has 0 spiro atoms. The van der Waals surface area contributed by atoms with Crippen LogP contribution in [-0.4, -0.2) is 51.6 Å². The van der Waals surface area contributed by atoms with E-state index >= 15 is 0 Å². The van der Waals surface area contributed by atoms with Crippen molar-refractivity contribution in [3.05, 3.63) is 0 Å². The monoisotopic (exact) mass is 304 g/mol. The lowest BCUT2D eigenvalue weighted by Crippen LogP contribution is -2.31. The summed E-state index contributed by atoms with van der Waals surface area (Å²) in [6.07, 6.45) is 5.53. The fourth-order valence-electron chi connectivity index (χ4n) is 2.88. The van der Waals surface area contributed by atoms with Crippen LogP contribution >= 0.6 is 0 Å². The second-order valence-corrected chi connectivity index (χ2v) is 6.40. The molecule has 4 unspecified atom stereocenters. The first-order chi connectivity index (χ1) is 9.99. The van der Waals surface area contributed by atoms with Gasteiger partial charge in [-0.15, -0.1) is 0 Å². The molecule has 5 heteroatoms. The first-order valence-electron chi connectivity index (χ1n) is 8.33. The molecule has 0 aromatic rings.